The fourth-order valence-electron chi connectivity index (χ4n) is 2.72. The predicted octanol–water partition coefficient (Wildman–Crippen LogP) is 4.71. The van der Waals surface area contributed by atoms with Crippen LogP contribution in [0.25, 0.3) is 0 Å². The first kappa shape index (κ1) is 20.9. The van der Waals surface area contributed by atoms with Crippen LogP contribution in [-0.4, -0.2) is 22.7 Å². The maximum absolute atomic E-state index is 9.53. The van der Waals surface area contributed by atoms with Crippen molar-refractivity contribution in [2.24, 2.45) is 0 Å². The molecule has 0 aliphatic heterocycles. The molecule has 0 bridgehead atoms. The topological polar surface area (TPSA) is 52.5 Å². The average molecular weight is 302 g/mol. The molecule has 21 heavy (non-hydrogen) atoms. The minimum Gasteiger partial charge on any atom is -0.379 e. The molecule has 0 aromatic heterocycles. The number of aliphatic hydroxyl groups excluding tert-OH is 2. The zero-order chi connectivity index (χ0) is 15.8. The molecular formula is C18H39NO2. The van der Waals surface area contributed by atoms with Crippen molar-refractivity contribution in [2.45, 2.75) is 116 Å². The van der Waals surface area contributed by atoms with Crippen molar-refractivity contribution in [3.05, 3.63) is 0 Å². The first-order valence-corrected chi connectivity index (χ1v) is 9.29. The van der Waals surface area contributed by atoms with Gasteiger partial charge < -0.3 is 10.2 Å². The quantitative estimate of drug-likeness (QED) is 0.286. The Bertz CT molecular complexity index is 198. The van der Waals surface area contributed by atoms with Crippen molar-refractivity contribution in [3.63, 3.8) is 0 Å². The third kappa shape index (κ3) is 17.8. The molecule has 3 heteroatoms. The molecule has 0 rings (SSSR count). The summed E-state index contributed by atoms with van der Waals surface area (Å²) in [5.74, 6) is 0. The Morgan fingerprint density at radius 1 is 0.667 bits per heavy atom. The summed E-state index contributed by atoms with van der Waals surface area (Å²) in [6, 6.07) is 0. The van der Waals surface area contributed by atoms with Crippen molar-refractivity contribution in [2.75, 3.05) is 0 Å². The number of hydrogen-bond donors (Lipinski definition) is 3. The highest BCUT2D eigenvalue weighted by Gasteiger charge is 2.04. The van der Waals surface area contributed by atoms with E-state index in [1.54, 1.807) is 6.92 Å². The minimum absolute atomic E-state index is 0.558. The van der Waals surface area contributed by atoms with Crippen LogP contribution in [0.15, 0.2) is 0 Å². The van der Waals surface area contributed by atoms with E-state index >= 15 is 0 Å². The Balaban J connectivity index is 3.05. The van der Waals surface area contributed by atoms with E-state index in [9.17, 15) is 5.11 Å². The number of hydrogen-bond acceptors (Lipinski definition) is 3. The van der Waals surface area contributed by atoms with E-state index in [4.69, 9.17) is 5.11 Å². The Kier molecular flexibility index (Phi) is 16.2. The highest BCUT2D eigenvalue weighted by Crippen LogP contribution is 2.13. The Labute approximate surface area is 132 Å². The second kappa shape index (κ2) is 16.3. The highest BCUT2D eigenvalue weighted by atomic mass is 16.3. The fourth-order valence-corrected chi connectivity index (χ4v) is 2.72. The largest absolute Gasteiger partial charge is 0.379 e. The van der Waals surface area contributed by atoms with Crippen LogP contribution in [0.1, 0.15) is 104 Å². The van der Waals surface area contributed by atoms with Crippen LogP contribution in [0.4, 0.5) is 0 Å². The van der Waals surface area contributed by atoms with Crippen LogP contribution in [-0.2, 0) is 0 Å². The summed E-state index contributed by atoms with van der Waals surface area (Å²) in [5.41, 5.74) is 0. The molecule has 3 N–H and O–H groups in total. The van der Waals surface area contributed by atoms with Gasteiger partial charge in [0.25, 0.3) is 0 Å². The highest BCUT2D eigenvalue weighted by molar-refractivity contribution is 4.55. The molecule has 2 unspecified atom stereocenters. The zero-order valence-corrected chi connectivity index (χ0v) is 14.4. The lowest BCUT2D eigenvalue weighted by Crippen LogP contribution is -2.35. The maximum Gasteiger partial charge on any atom is 0.106 e. The summed E-state index contributed by atoms with van der Waals surface area (Å²) >= 11 is 0. The molecule has 0 aliphatic carbocycles. The maximum atomic E-state index is 9.53. The summed E-state index contributed by atoms with van der Waals surface area (Å²) in [5, 5.41) is 21.3. The van der Waals surface area contributed by atoms with Crippen molar-refractivity contribution in [3.8, 4) is 0 Å². The van der Waals surface area contributed by atoms with E-state index in [0.29, 0.717) is 0 Å². The molecule has 3 nitrogen and oxygen atoms in total. The number of unbranched alkanes of at least 4 members (excludes halogenated alkanes) is 12. The molecule has 0 saturated heterocycles. The second-order valence-electron chi connectivity index (χ2n) is 6.39. The summed E-state index contributed by atoms with van der Waals surface area (Å²) in [4.78, 5) is 0. The summed E-state index contributed by atoms with van der Waals surface area (Å²) < 4.78 is 0. The third-order valence-corrected chi connectivity index (χ3v) is 4.01. The van der Waals surface area contributed by atoms with Crippen molar-refractivity contribution >= 4 is 0 Å². The van der Waals surface area contributed by atoms with Crippen LogP contribution in [0, 0.1) is 0 Å². The van der Waals surface area contributed by atoms with Gasteiger partial charge in [-0.1, -0.05) is 84.0 Å². The normalized spacial score (nSPS) is 14.3. The SMILES string of the molecule is CCCCCCCCCCCCCCCC(O)NC(C)O. The third-order valence-electron chi connectivity index (χ3n) is 4.01. The molecule has 0 saturated carbocycles. The van der Waals surface area contributed by atoms with E-state index in [0.717, 1.165) is 12.8 Å². The molecule has 128 valence electrons. The lowest BCUT2D eigenvalue weighted by Gasteiger charge is -2.14. The molecule has 0 spiro atoms. The monoisotopic (exact) mass is 301 g/mol. The van der Waals surface area contributed by atoms with Gasteiger partial charge in [-0.2, -0.15) is 0 Å². The number of rotatable bonds is 16. The summed E-state index contributed by atoms with van der Waals surface area (Å²) in [6.07, 6.45) is 17.0. The van der Waals surface area contributed by atoms with E-state index in [1.165, 1.54) is 77.0 Å². The van der Waals surface area contributed by atoms with Crippen molar-refractivity contribution in [1.82, 2.24) is 5.32 Å². The lowest BCUT2D eigenvalue weighted by atomic mass is 10.0. The second-order valence-corrected chi connectivity index (χ2v) is 6.39. The molecule has 2 atom stereocenters. The number of aliphatic hydroxyl groups is 2. The first-order chi connectivity index (χ1) is 10.2. The van der Waals surface area contributed by atoms with Crippen LogP contribution >= 0.6 is 0 Å². The smallest absolute Gasteiger partial charge is 0.106 e. The molecule has 0 radical (unpaired) electrons. The standard InChI is InChI=1S/C18H39NO2/c1-3-4-5-6-7-8-9-10-11-12-13-14-15-16-18(21)19-17(2)20/h17-21H,3-16H2,1-2H3. The van der Waals surface area contributed by atoms with Gasteiger partial charge in [0, 0.05) is 0 Å². The molecule has 0 aromatic carbocycles. The van der Waals surface area contributed by atoms with Gasteiger partial charge in [0.2, 0.25) is 0 Å². The van der Waals surface area contributed by atoms with Crippen LogP contribution < -0.4 is 5.32 Å². The van der Waals surface area contributed by atoms with Crippen LogP contribution in [0.2, 0.25) is 0 Å². The van der Waals surface area contributed by atoms with Gasteiger partial charge in [0.05, 0.1) is 0 Å². The molecular weight excluding hydrogens is 262 g/mol. The van der Waals surface area contributed by atoms with Gasteiger partial charge in [-0.3, -0.25) is 5.32 Å². The van der Waals surface area contributed by atoms with Gasteiger partial charge >= 0.3 is 0 Å². The average Bonchev–Trinajstić information content (AvgIpc) is 2.43. The molecule has 0 amide bonds. The lowest BCUT2D eigenvalue weighted by molar-refractivity contribution is 0.0459. The molecule has 0 aromatic rings. The Hall–Kier alpha value is -0.120. The van der Waals surface area contributed by atoms with E-state index in [2.05, 4.69) is 12.2 Å². The predicted molar refractivity (Wildman–Crippen MR) is 91.1 cm³/mol. The van der Waals surface area contributed by atoms with Crippen LogP contribution in [0.5, 0.6) is 0 Å². The van der Waals surface area contributed by atoms with E-state index in [-0.39, 0.29) is 0 Å². The summed E-state index contributed by atoms with van der Waals surface area (Å²) in [6.45, 7) is 3.90. The van der Waals surface area contributed by atoms with Gasteiger partial charge in [-0.15, -0.1) is 0 Å². The Morgan fingerprint density at radius 3 is 1.43 bits per heavy atom. The van der Waals surface area contributed by atoms with Gasteiger partial charge in [-0.05, 0) is 19.8 Å². The fraction of sp³-hybridized carbons (Fsp3) is 1.00. The van der Waals surface area contributed by atoms with Crippen LogP contribution in [0.3, 0.4) is 0 Å². The van der Waals surface area contributed by atoms with Crippen molar-refractivity contribution in [1.29, 1.82) is 0 Å². The first-order valence-electron chi connectivity index (χ1n) is 9.29. The Morgan fingerprint density at radius 2 is 1.05 bits per heavy atom. The van der Waals surface area contributed by atoms with Gasteiger partial charge in [0.1, 0.15) is 12.5 Å². The minimum atomic E-state index is -0.623. The summed E-state index contributed by atoms with van der Waals surface area (Å²) in [7, 11) is 0. The van der Waals surface area contributed by atoms with Crippen molar-refractivity contribution < 1.29 is 10.2 Å². The molecule has 0 fully saturated rings. The molecule has 0 aliphatic rings. The van der Waals surface area contributed by atoms with Gasteiger partial charge in [0.15, 0.2) is 0 Å². The van der Waals surface area contributed by atoms with Gasteiger partial charge in [-0.25, -0.2) is 0 Å². The number of nitrogens with one attached hydrogen (secondary N) is 1. The van der Waals surface area contributed by atoms with E-state index < -0.39 is 12.5 Å². The molecule has 0 heterocycles. The van der Waals surface area contributed by atoms with E-state index in [1.807, 2.05) is 0 Å². The zero-order valence-electron chi connectivity index (χ0n) is 14.4.